The van der Waals surface area contributed by atoms with Crippen molar-refractivity contribution in [1.29, 1.82) is 0 Å². The van der Waals surface area contributed by atoms with E-state index in [0.29, 0.717) is 13.0 Å². The molecule has 1 N–H and O–H groups in total. The van der Waals surface area contributed by atoms with Crippen molar-refractivity contribution in [2.75, 3.05) is 26.2 Å². The van der Waals surface area contributed by atoms with Gasteiger partial charge in [0.05, 0.1) is 5.56 Å². The summed E-state index contributed by atoms with van der Waals surface area (Å²) in [6.45, 7) is 9.18. The van der Waals surface area contributed by atoms with E-state index in [9.17, 15) is 13.2 Å². The molecule has 1 atom stereocenters. The van der Waals surface area contributed by atoms with Gasteiger partial charge in [0, 0.05) is 18.4 Å². The number of pyridine rings is 1. The molecule has 0 aliphatic carbocycles. The first kappa shape index (κ1) is 17.9. The van der Waals surface area contributed by atoms with E-state index in [-0.39, 0.29) is 11.6 Å². The second-order valence-electron chi connectivity index (χ2n) is 4.89. The average molecular weight is 303 g/mol. The van der Waals surface area contributed by atoms with Gasteiger partial charge in [-0.2, -0.15) is 13.2 Å². The summed E-state index contributed by atoms with van der Waals surface area (Å²) in [6.07, 6.45) is -1.19. The molecule has 0 bridgehead atoms. The Kier molecular flexibility index (Phi) is 7.11. The third-order valence-electron chi connectivity index (χ3n) is 3.61. The molecule has 1 rings (SSSR count). The Morgan fingerprint density at radius 2 is 1.90 bits per heavy atom. The Hall–Kier alpha value is -1.14. The molecule has 1 heterocycles. The molecular formula is C15H24F3N3. The van der Waals surface area contributed by atoms with Crippen LogP contribution < -0.4 is 5.32 Å². The SMILES string of the molecule is CCNC(CCN(CC)CC)c1cnccc1C(F)(F)F. The zero-order valence-electron chi connectivity index (χ0n) is 12.9. The number of halogens is 3. The van der Waals surface area contributed by atoms with Crippen LogP contribution in [0, 0.1) is 0 Å². The first-order valence-corrected chi connectivity index (χ1v) is 7.40. The van der Waals surface area contributed by atoms with E-state index in [4.69, 9.17) is 0 Å². The summed E-state index contributed by atoms with van der Waals surface area (Å²) in [7, 11) is 0. The standard InChI is InChI=1S/C15H24F3N3/c1-4-20-14(8-10-21(5-2)6-3)12-11-19-9-7-13(12)15(16,17)18/h7,9,11,14,20H,4-6,8,10H2,1-3H3. The van der Waals surface area contributed by atoms with Gasteiger partial charge in [-0.25, -0.2) is 0 Å². The van der Waals surface area contributed by atoms with Crippen LogP contribution in [0.3, 0.4) is 0 Å². The van der Waals surface area contributed by atoms with Crippen molar-refractivity contribution in [3.63, 3.8) is 0 Å². The zero-order valence-corrected chi connectivity index (χ0v) is 12.9. The van der Waals surface area contributed by atoms with Crippen molar-refractivity contribution in [3.8, 4) is 0 Å². The maximum absolute atomic E-state index is 13.1. The minimum atomic E-state index is -4.35. The van der Waals surface area contributed by atoms with Crippen LogP contribution in [0.4, 0.5) is 13.2 Å². The molecule has 3 nitrogen and oxygen atoms in total. The number of rotatable bonds is 8. The average Bonchev–Trinajstić information content (AvgIpc) is 2.46. The van der Waals surface area contributed by atoms with Gasteiger partial charge >= 0.3 is 6.18 Å². The zero-order chi connectivity index (χ0) is 15.9. The summed E-state index contributed by atoms with van der Waals surface area (Å²) in [5.74, 6) is 0. The molecule has 1 aromatic rings. The van der Waals surface area contributed by atoms with E-state index >= 15 is 0 Å². The van der Waals surface area contributed by atoms with Gasteiger partial charge in [0.2, 0.25) is 0 Å². The van der Waals surface area contributed by atoms with Crippen molar-refractivity contribution in [2.24, 2.45) is 0 Å². The van der Waals surface area contributed by atoms with Gasteiger partial charge in [-0.3, -0.25) is 4.98 Å². The minimum Gasteiger partial charge on any atom is -0.310 e. The lowest BCUT2D eigenvalue weighted by Crippen LogP contribution is -2.30. The predicted molar refractivity (Wildman–Crippen MR) is 78.1 cm³/mol. The highest BCUT2D eigenvalue weighted by atomic mass is 19.4. The molecular weight excluding hydrogens is 279 g/mol. The Labute approximate surface area is 124 Å². The van der Waals surface area contributed by atoms with Gasteiger partial charge in [-0.1, -0.05) is 20.8 Å². The highest BCUT2D eigenvalue weighted by Crippen LogP contribution is 2.34. The van der Waals surface area contributed by atoms with Gasteiger partial charge in [0.15, 0.2) is 0 Å². The summed E-state index contributed by atoms with van der Waals surface area (Å²) in [5.41, 5.74) is -0.359. The lowest BCUT2D eigenvalue weighted by atomic mass is 9.99. The molecule has 0 aliphatic rings. The highest BCUT2D eigenvalue weighted by Gasteiger charge is 2.35. The molecule has 0 radical (unpaired) electrons. The fourth-order valence-corrected chi connectivity index (χ4v) is 2.41. The van der Waals surface area contributed by atoms with E-state index in [2.05, 4.69) is 29.0 Å². The molecule has 0 amide bonds. The fourth-order valence-electron chi connectivity index (χ4n) is 2.41. The van der Waals surface area contributed by atoms with Crippen LogP contribution in [-0.4, -0.2) is 36.1 Å². The van der Waals surface area contributed by atoms with Crippen molar-refractivity contribution >= 4 is 0 Å². The topological polar surface area (TPSA) is 28.2 Å². The maximum Gasteiger partial charge on any atom is 0.416 e. The van der Waals surface area contributed by atoms with Gasteiger partial charge < -0.3 is 10.2 Å². The Bertz CT molecular complexity index is 417. The molecule has 0 saturated carbocycles. The lowest BCUT2D eigenvalue weighted by Gasteiger charge is -2.25. The van der Waals surface area contributed by atoms with Crippen LogP contribution in [0.5, 0.6) is 0 Å². The van der Waals surface area contributed by atoms with Gasteiger partial charge in [-0.05, 0) is 44.2 Å². The van der Waals surface area contributed by atoms with Crippen LogP contribution in [0.25, 0.3) is 0 Å². The number of hydrogen-bond donors (Lipinski definition) is 1. The summed E-state index contributed by atoms with van der Waals surface area (Å²) in [4.78, 5) is 6.08. The summed E-state index contributed by atoms with van der Waals surface area (Å²) < 4.78 is 39.3. The Morgan fingerprint density at radius 3 is 2.43 bits per heavy atom. The molecule has 21 heavy (non-hydrogen) atoms. The number of aromatic nitrogens is 1. The highest BCUT2D eigenvalue weighted by molar-refractivity contribution is 5.29. The molecule has 0 aromatic carbocycles. The van der Waals surface area contributed by atoms with E-state index in [1.165, 1.54) is 12.4 Å². The number of nitrogens with zero attached hydrogens (tertiary/aromatic N) is 2. The second-order valence-corrected chi connectivity index (χ2v) is 4.89. The third-order valence-corrected chi connectivity index (χ3v) is 3.61. The Morgan fingerprint density at radius 1 is 1.24 bits per heavy atom. The first-order valence-electron chi connectivity index (χ1n) is 7.40. The smallest absolute Gasteiger partial charge is 0.310 e. The summed E-state index contributed by atoms with van der Waals surface area (Å²) in [5, 5.41) is 3.15. The van der Waals surface area contributed by atoms with Crippen LogP contribution in [0.1, 0.15) is 44.4 Å². The van der Waals surface area contributed by atoms with E-state index in [1.807, 2.05) is 6.92 Å². The largest absolute Gasteiger partial charge is 0.416 e. The predicted octanol–water partition coefficient (Wildman–Crippen LogP) is 3.48. The van der Waals surface area contributed by atoms with E-state index < -0.39 is 11.7 Å². The van der Waals surface area contributed by atoms with E-state index in [0.717, 1.165) is 25.7 Å². The molecule has 120 valence electrons. The molecule has 0 saturated heterocycles. The van der Waals surface area contributed by atoms with Gasteiger partial charge in [0.25, 0.3) is 0 Å². The van der Waals surface area contributed by atoms with Crippen molar-refractivity contribution in [1.82, 2.24) is 15.2 Å². The third kappa shape index (κ3) is 5.28. The number of hydrogen-bond acceptors (Lipinski definition) is 3. The molecule has 0 fully saturated rings. The monoisotopic (exact) mass is 303 g/mol. The molecule has 0 aliphatic heterocycles. The summed E-state index contributed by atoms with van der Waals surface area (Å²) in [6, 6.07) is 0.720. The molecule has 1 aromatic heterocycles. The minimum absolute atomic E-state index is 0.235. The fraction of sp³-hybridized carbons (Fsp3) is 0.667. The van der Waals surface area contributed by atoms with Crippen molar-refractivity contribution in [3.05, 3.63) is 29.6 Å². The lowest BCUT2D eigenvalue weighted by molar-refractivity contribution is -0.138. The van der Waals surface area contributed by atoms with Crippen molar-refractivity contribution < 1.29 is 13.2 Å². The summed E-state index contributed by atoms with van der Waals surface area (Å²) >= 11 is 0. The molecule has 0 spiro atoms. The van der Waals surface area contributed by atoms with Crippen LogP contribution in [0.2, 0.25) is 0 Å². The van der Waals surface area contributed by atoms with Crippen LogP contribution >= 0.6 is 0 Å². The number of alkyl halides is 3. The van der Waals surface area contributed by atoms with Crippen molar-refractivity contribution in [2.45, 2.75) is 39.4 Å². The van der Waals surface area contributed by atoms with Gasteiger partial charge in [-0.15, -0.1) is 0 Å². The molecule has 1 unspecified atom stereocenters. The number of nitrogens with one attached hydrogen (secondary N) is 1. The normalized spacial score (nSPS) is 13.7. The van der Waals surface area contributed by atoms with Crippen LogP contribution in [-0.2, 0) is 6.18 Å². The second kappa shape index (κ2) is 8.34. The van der Waals surface area contributed by atoms with E-state index in [1.54, 1.807) is 0 Å². The van der Waals surface area contributed by atoms with Crippen LogP contribution in [0.15, 0.2) is 18.5 Å². The Balaban J connectivity index is 2.95. The first-order chi connectivity index (χ1) is 9.93. The van der Waals surface area contributed by atoms with Gasteiger partial charge in [0.1, 0.15) is 0 Å². The molecule has 6 heteroatoms. The quantitative estimate of drug-likeness (QED) is 0.797. The maximum atomic E-state index is 13.1.